The second kappa shape index (κ2) is 8.49. The molecule has 4 aromatic rings. The van der Waals surface area contributed by atoms with Crippen molar-refractivity contribution in [1.82, 2.24) is 19.9 Å². The van der Waals surface area contributed by atoms with Gasteiger partial charge in [0.15, 0.2) is 0 Å². The van der Waals surface area contributed by atoms with E-state index in [4.69, 9.17) is 0 Å². The van der Waals surface area contributed by atoms with E-state index in [-0.39, 0.29) is 23.4 Å². The Morgan fingerprint density at radius 2 is 2.03 bits per heavy atom. The molecule has 2 aromatic heterocycles. The fourth-order valence-electron chi connectivity index (χ4n) is 3.74. The van der Waals surface area contributed by atoms with Gasteiger partial charge in [-0.3, -0.25) is 14.2 Å². The Hall–Kier alpha value is -3.48. The van der Waals surface area contributed by atoms with E-state index in [1.807, 2.05) is 24.4 Å². The number of para-hydroxylation sites is 1. The molecule has 2 heterocycles. The summed E-state index contributed by atoms with van der Waals surface area (Å²) in [6.07, 6.45) is 3.96. The molecule has 4 rings (SSSR count). The third-order valence-electron chi connectivity index (χ3n) is 5.29. The predicted octanol–water partition coefficient (Wildman–Crippen LogP) is 3.46. The van der Waals surface area contributed by atoms with Crippen molar-refractivity contribution in [3.05, 3.63) is 76.2 Å². The molecule has 0 aliphatic heterocycles. The van der Waals surface area contributed by atoms with E-state index in [1.165, 1.54) is 33.7 Å². The Bertz CT molecular complexity index is 1280. The lowest BCUT2D eigenvalue weighted by Crippen LogP contribution is -2.32. The van der Waals surface area contributed by atoms with Gasteiger partial charge in [0.25, 0.3) is 5.56 Å². The molecule has 2 aromatic carbocycles. The SMILES string of the molecule is Cc1nc2ccc(F)cc2c(=O)n1CCNC(=O)CCCc1c[nH]c2ccccc12. The number of halogens is 1. The fraction of sp³-hybridized carbons (Fsp3) is 0.261. The Kier molecular flexibility index (Phi) is 5.61. The van der Waals surface area contributed by atoms with Crippen molar-refractivity contribution in [1.29, 1.82) is 0 Å². The highest BCUT2D eigenvalue weighted by Gasteiger charge is 2.10. The molecule has 0 atom stereocenters. The number of nitrogens with zero attached hydrogens (tertiary/aromatic N) is 2. The van der Waals surface area contributed by atoms with Gasteiger partial charge in [0, 0.05) is 36.6 Å². The van der Waals surface area contributed by atoms with E-state index in [0.717, 1.165) is 18.4 Å². The summed E-state index contributed by atoms with van der Waals surface area (Å²) in [7, 11) is 0. The minimum absolute atomic E-state index is 0.0552. The monoisotopic (exact) mass is 406 g/mol. The molecular weight excluding hydrogens is 383 g/mol. The Balaban J connectivity index is 1.31. The van der Waals surface area contributed by atoms with Crippen LogP contribution in [-0.2, 0) is 17.8 Å². The largest absolute Gasteiger partial charge is 0.361 e. The molecule has 1 amide bonds. The van der Waals surface area contributed by atoms with Gasteiger partial charge in [-0.2, -0.15) is 0 Å². The van der Waals surface area contributed by atoms with Gasteiger partial charge in [0.2, 0.25) is 5.91 Å². The van der Waals surface area contributed by atoms with Crippen molar-refractivity contribution in [2.45, 2.75) is 32.7 Å². The highest BCUT2D eigenvalue weighted by molar-refractivity contribution is 5.83. The van der Waals surface area contributed by atoms with Crippen LogP contribution in [0.3, 0.4) is 0 Å². The highest BCUT2D eigenvalue weighted by Crippen LogP contribution is 2.19. The van der Waals surface area contributed by atoms with Gasteiger partial charge in [-0.25, -0.2) is 9.37 Å². The molecule has 0 bridgehead atoms. The second-order valence-electron chi connectivity index (χ2n) is 7.34. The van der Waals surface area contributed by atoms with Crippen LogP contribution in [0.2, 0.25) is 0 Å². The van der Waals surface area contributed by atoms with Crippen molar-refractivity contribution in [2.75, 3.05) is 6.54 Å². The van der Waals surface area contributed by atoms with E-state index < -0.39 is 5.82 Å². The summed E-state index contributed by atoms with van der Waals surface area (Å²) in [4.78, 5) is 32.4. The van der Waals surface area contributed by atoms with Crippen molar-refractivity contribution in [3.8, 4) is 0 Å². The molecule has 0 saturated heterocycles. The zero-order chi connectivity index (χ0) is 21.1. The van der Waals surface area contributed by atoms with E-state index in [1.54, 1.807) is 6.92 Å². The molecule has 30 heavy (non-hydrogen) atoms. The van der Waals surface area contributed by atoms with Gasteiger partial charge in [-0.1, -0.05) is 18.2 Å². The van der Waals surface area contributed by atoms with Crippen LogP contribution in [0.15, 0.2) is 53.5 Å². The maximum absolute atomic E-state index is 13.5. The molecule has 0 unspecified atom stereocenters. The second-order valence-corrected chi connectivity index (χ2v) is 7.34. The maximum Gasteiger partial charge on any atom is 0.261 e. The maximum atomic E-state index is 13.5. The number of H-pyrrole nitrogens is 1. The lowest BCUT2D eigenvalue weighted by atomic mass is 10.1. The molecule has 0 aliphatic carbocycles. The molecule has 0 aliphatic rings. The topological polar surface area (TPSA) is 79.8 Å². The first-order valence-corrected chi connectivity index (χ1v) is 10.0. The molecular formula is C23H23FN4O2. The number of rotatable bonds is 7. The lowest BCUT2D eigenvalue weighted by Gasteiger charge is -2.11. The summed E-state index contributed by atoms with van der Waals surface area (Å²) in [5.74, 6) is 0.00772. The number of aromatic amines is 1. The number of hydrogen-bond acceptors (Lipinski definition) is 3. The molecule has 7 heteroatoms. The number of benzene rings is 2. The van der Waals surface area contributed by atoms with Crippen LogP contribution in [-0.4, -0.2) is 27.0 Å². The zero-order valence-corrected chi connectivity index (χ0v) is 16.7. The number of hydrogen-bond donors (Lipinski definition) is 2. The Morgan fingerprint density at radius 3 is 2.90 bits per heavy atom. The van der Waals surface area contributed by atoms with Gasteiger partial charge in [-0.05, 0) is 49.6 Å². The molecule has 0 saturated carbocycles. The van der Waals surface area contributed by atoms with Crippen LogP contribution >= 0.6 is 0 Å². The number of amides is 1. The first-order chi connectivity index (χ1) is 14.5. The quantitative estimate of drug-likeness (QED) is 0.493. The van der Waals surface area contributed by atoms with Crippen molar-refractivity contribution in [3.63, 3.8) is 0 Å². The standard InChI is InChI=1S/C23H23FN4O2/c1-15-27-21-10-9-17(24)13-19(21)23(30)28(15)12-11-25-22(29)8-4-5-16-14-26-20-7-3-2-6-18(16)20/h2-3,6-7,9-10,13-14,26H,4-5,8,11-12H2,1H3,(H,25,29). The van der Waals surface area contributed by atoms with Crippen molar-refractivity contribution < 1.29 is 9.18 Å². The van der Waals surface area contributed by atoms with Gasteiger partial charge < -0.3 is 10.3 Å². The molecule has 6 nitrogen and oxygen atoms in total. The average molecular weight is 406 g/mol. The number of carbonyl (C=O) groups is 1. The Morgan fingerprint density at radius 1 is 1.20 bits per heavy atom. The normalized spacial score (nSPS) is 11.3. The van der Waals surface area contributed by atoms with Crippen LogP contribution in [0.4, 0.5) is 4.39 Å². The summed E-state index contributed by atoms with van der Waals surface area (Å²) >= 11 is 0. The van der Waals surface area contributed by atoms with Crippen LogP contribution in [0.5, 0.6) is 0 Å². The highest BCUT2D eigenvalue weighted by atomic mass is 19.1. The van der Waals surface area contributed by atoms with Crippen LogP contribution in [0.1, 0.15) is 24.2 Å². The number of nitrogens with one attached hydrogen (secondary N) is 2. The van der Waals surface area contributed by atoms with E-state index >= 15 is 0 Å². The fourth-order valence-corrected chi connectivity index (χ4v) is 3.74. The summed E-state index contributed by atoms with van der Waals surface area (Å²) < 4.78 is 14.9. The molecule has 0 fully saturated rings. The first kappa shape index (κ1) is 19.8. The van der Waals surface area contributed by atoms with Gasteiger partial charge in [0.05, 0.1) is 10.9 Å². The number of fused-ring (bicyclic) bond motifs is 2. The molecule has 0 spiro atoms. The summed E-state index contributed by atoms with van der Waals surface area (Å²) in [5.41, 5.74) is 2.47. The molecule has 0 radical (unpaired) electrons. The van der Waals surface area contributed by atoms with Crippen LogP contribution in [0.25, 0.3) is 21.8 Å². The van der Waals surface area contributed by atoms with Gasteiger partial charge in [-0.15, -0.1) is 0 Å². The van der Waals surface area contributed by atoms with Crippen LogP contribution in [0, 0.1) is 12.7 Å². The van der Waals surface area contributed by atoms with Gasteiger partial charge in [0.1, 0.15) is 11.6 Å². The third-order valence-corrected chi connectivity index (χ3v) is 5.29. The first-order valence-electron chi connectivity index (χ1n) is 10.0. The average Bonchev–Trinajstić information content (AvgIpc) is 3.14. The van der Waals surface area contributed by atoms with E-state index in [0.29, 0.717) is 24.3 Å². The summed E-state index contributed by atoms with van der Waals surface area (Å²) in [6.45, 7) is 2.33. The minimum atomic E-state index is -0.472. The number of carbonyl (C=O) groups excluding carboxylic acids is 1. The predicted molar refractivity (Wildman–Crippen MR) is 115 cm³/mol. The van der Waals surface area contributed by atoms with E-state index in [9.17, 15) is 14.0 Å². The number of aryl methyl sites for hydroxylation is 2. The minimum Gasteiger partial charge on any atom is -0.361 e. The van der Waals surface area contributed by atoms with Crippen molar-refractivity contribution >= 4 is 27.7 Å². The zero-order valence-electron chi connectivity index (χ0n) is 16.7. The smallest absolute Gasteiger partial charge is 0.261 e. The summed E-state index contributed by atoms with van der Waals surface area (Å²) in [5, 5.41) is 4.28. The van der Waals surface area contributed by atoms with E-state index in [2.05, 4.69) is 21.4 Å². The van der Waals surface area contributed by atoms with Crippen molar-refractivity contribution in [2.24, 2.45) is 0 Å². The molecule has 2 N–H and O–H groups in total. The van der Waals surface area contributed by atoms with Gasteiger partial charge >= 0.3 is 0 Å². The lowest BCUT2D eigenvalue weighted by molar-refractivity contribution is -0.121. The summed E-state index contributed by atoms with van der Waals surface area (Å²) in [6, 6.07) is 12.1. The third kappa shape index (κ3) is 4.10. The van der Waals surface area contributed by atoms with Crippen LogP contribution < -0.4 is 10.9 Å². The number of aromatic nitrogens is 3. The Labute approximate surface area is 172 Å². The molecule has 154 valence electrons.